The average molecular weight is 359 g/mol. The van der Waals surface area contributed by atoms with Crippen LogP contribution in [0.5, 0.6) is 0 Å². The van der Waals surface area contributed by atoms with Crippen molar-refractivity contribution in [2.75, 3.05) is 12.3 Å². The van der Waals surface area contributed by atoms with Gasteiger partial charge in [-0.2, -0.15) is 4.31 Å². The minimum absolute atomic E-state index is 0.201. The summed E-state index contributed by atoms with van der Waals surface area (Å²) in [6.07, 6.45) is 1.52. The highest BCUT2D eigenvalue weighted by Crippen LogP contribution is 2.25. The molecule has 0 amide bonds. The lowest BCUT2D eigenvalue weighted by atomic mass is 10.3. The maximum atomic E-state index is 12.6. The van der Waals surface area contributed by atoms with E-state index in [1.807, 2.05) is 0 Å². The molecule has 0 radical (unpaired) electrons. The molecular weight excluding hydrogens is 344 g/mol. The van der Waals surface area contributed by atoms with Gasteiger partial charge in [0.05, 0.1) is 17.7 Å². The number of furan rings is 1. The summed E-state index contributed by atoms with van der Waals surface area (Å²) in [7, 11) is -3.58. The van der Waals surface area contributed by atoms with Crippen LogP contribution in [-0.4, -0.2) is 19.3 Å². The van der Waals surface area contributed by atoms with Crippen LogP contribution in [-0.2, 0) is 16.6 Å². The van der Waals surface area contributed by atoms with E-state index < -0.39 is 10.0 Å². The summed E-state index contributed by atoms with van der Waals surface area (Å²) in [4.78, 5) is 0.201. The SMILES string of the molecule is CCN(Cc1ccco1)S(=O)(=O)c1ccc(N)c(Br)c1. The topological polar surface area (TPSA) is 76.5 Å². The van der Waals surface area contributed by atoms with Gasteiger partial charge in [-0.1, -0.05) is 6.92 Å². The Bertz CT molecular complexity index is 684. The molecule has 0 aliphatic carbocycles. The molecule has 1 heterocycles. The van der Waals surface area contributed by atoms with E-state index in [9.17, 15) is 8.42 Å². The Kier molecular flexibility index (Phi) is 4.52. The number of benzene rings is 1. The monoisotopic (exact) mass is 358 g/mol. The Labute approximate surface area is 126 Å². The number of halogens is 1. The van der Waals surface area contributed by atoms with Crippen LogP contribution in [0.15, 0.2) is 50.4 Å². The third kappa shape index (κ3) is 3.05. The summed E-state index contributed by atoms with van der Waals surface area (Å²) in [5, 5.41) is 0. The lowest BCUT2D eigenvalue weighted by Crippen LogP contribution is -2.30. The van der Waals surface area contributed by atoms with Crippen molar-refractivity contribution in [3.63, 3.8) is 0 Å². The molecule has 0 saturated carbocycles. The fraction of sp³-hybridized carbons (Fsp3) is 0.231. The van der Waals surface area contributed by atoms with E-state index in [0.717, 1.165) is 0 Å². The van der Waals surface area contributed by atoms with Crippen LogP contribution in [0.25, 0.3) is 0 Å². The number of rotatable bonds is 5. The lowest BCUT2D eigenvalue weighted by molar-refractivity contribution is 0.375. The normalized spacial score (nSPS) is 11.9. The van der Waals surface area contributed by atoms with E-state index in [-0.39, 0.29) is 11.4 Å². The van der Waals surface area contributed by atoms with Gasteiger partial charge in [0.15, 0.2) is 0 Å². The third-order valence-corrected chi connectivity index (χ3v) is 5.48. The Morgan fingerprint density at radius 1 is 1.35 bits per heavy atom. The number of nitrogen functional groups attached to an aromatic ring is 1. The maximum absolute atomic E-state index is 12.6. The molecule has 0 bridgehead atoms. The summed E-state index contributed by atoms with van der Waals surface area (Å²) in [5.41, 5.74) is 6.18. The first kappa shape index (κ1) is 15.1. The Morgan fingerprint density at radius 3 is 2.65 bits per heavy atom. The molecule has 0 aliphatic rings. The van der Waals surface area contributed by atoms with Crippen LogP contribution in [0.2, 0.25) is 0 Å². The van der Waals surface area contributed by atoms with E-state index in [4.69, 9.17) is 10.2 Å². The molecule has 1 aromatic carbocycles. The highest BCUT2D eigenvalue weighted by molar-refractivity contribution is 9.10. The van der Waals surface area contributed by atoms with Crippen molar-refractivity contribution in [1.82, 2.24) is 4.31 Å². The number of hydrogen-bond donors (Lipinski definition) is 1. The molecule has 0 spiro atoms. The highest BCUT2D eigenvalue weighted by atomic mass is 79.9. The molecule has 2 N–H and O–H groups in total. The van der Waals surface area contributed by atoms with Crippen LogP contribution in [0.4, 0.5) is 5.69 Å². The molecule has 1 aromatic heterocycles. The number of nitrogens with zero attached hydrogens (tertiary/aromatic N) is 1. The summed E-state index contributed by atoms with van der Waals surface area (Å²) in [6.45, 7) is 2.34. The van der Waals surface area contributed by atoms with Crippen LogP contribution >= 0.6 is 15.9 Å². The zero-order valence-corrected chi connectivity index (χ0v) is 13.3. The summed E-state index contributed by atoms with van der Waals surface area (Å²) in [6, 6.07) is 8.06. The molecule has 20 heavy (non-hydrogen) atoms. The lowest BCUT2D eigenvalue weighted by Gasteiger charge is -2.19. The minimum Gasteiger partial charge on any atom is -0.468 e. The van der Waals surface area contributed by atoms with Gasteiger partial charge in [-0.3, -0.25) is 0 Å². The van der Waals surface area contributed by atoms with Gasteiger partial charge >= 0.3 is 0 Å². The van der Waals surface area contributed by atoms with Gasteiger partial charge in [0.1, 0.15) is 5.76 Å². The zero-order valence-electron chi connectivity index (χ0n) is 10.9. The second kappa shape index (κ2) is 5.99. The molecular formula is C13H15BrN2O3S. The van der Waals surface area contributed by atoms with Crippen molar-refractivity contribution >= 4 is 31.6 Å². The van der Waals surface area contributed by atoms with Gasteiger partial charge in [0, 0.05) is 16.7 Å². The van der Waals surface area contributed by atoms with Crippen molar-refractivity contribution in [2.24, 2.45) is 0 Å². The van der Waals surface area contributed by atoms with E-state index in [1.54, 1.807) is 25.1 Å². The predicted molar refractivity (Wildman–Crippen MR) is 80.5 cm³/mol. The van der Waals surface area contributed by atoms with Crippen LogP contribution < -0.4 is 5.73 Å². The third-order valence-electron chi connectivity index (χ3n) is 2.87. The van der Waals surface area contributed by atoms with Gasteiger partial charge in [0.25, 0.3) is 0 Å². The van der Waals surface area contributed by atoms with E-state index >= 15 is 0 Å². The van der Waals surface area contributed by atoms with E-state index in [2.05, 4.69) is 15.9 Å². The first-order valence-corrected chi connectivity index (χ1v) is 8.26. The zero-order chi connectivity index (χ0) is 14.8. The quantitative estimate of drug-likeness (QED) is 0.833. The molecule has 2 rings (SSSR count). The molecule has 5 nitrogen and oxygen atoms in total. The van der Waals surface area contributed by atoms with Crippen molar-refractivity contribution in [3.8, 4) is 0 Å². The number of hydrogen-bond acceptors (Lipinski definition) is 4. The second-order valence-electron chi connectivity index (χ2n) is 4.19. The predicted octanol–water partition coefficient (Wildman–Crippen LogP) is 2.84. The molecule has 7 heteroatoms. The number of nitrogens with two attached hydrogens (primary N) is 1. The summed E-state index contributed by atoms with van der Waals surface area (Å²) < 4.78 is 32.3. The van der Waals surface area contributed by atoms with Gasteiger partial charge in [0.2, 0.25) is 10.0 Å². The Morgan fingerprint density at radius 2 is 2.10 bits per heavy atom. The molecule has 0 aliphatic heterocycles. The molecule has 0 saturated heterocycles. The van der Waals surface area contributed by atoms with Crippen molar-refractivity contribution in [3.05, 3.63) is 46.8 Å². The van der Waals surface area contributed by atoms with Gasteiger partial charge in [-0.15, -0.1) is 0 Å². The number of anilines is 1. The highest BCUT2D eigenvalue weighted by Gasteiger charge is 2.24. The molecule has 0 unspecified atom stereocenters. The summed E-state index contributed by atoms with van der Waals surface area (Å²) >= 11 is 3.24. The molecule has 108 valence electrons. The number of sulfonamides is 1. The largest absolute Gasteiger partial charge is 0.468 e. The van der Waals surface area contributed by atoms with E-state index in [1.165, 1.54) is 22.7 Å². The summed E-state index contributed by atoms with van der Waals surface area (Å²) in [5.74, 6) is 0.602. The molecule has 2 aromatic rings. The average Bonchev–Trinajstić information content (AvgIpc) is 2.91. The first-order valence-electron chi connectivity index (χ1n) is 6.02. The van der Waals surface area contributed by atoms with Gasteiger partial charge in [-0.05, 0) is 46.3 Å². The molecule has 0 atom stereocenters. The van der Waals surface area contributed by atoms with Crippen LogP contribution in [0, 0.1) is 0 Å². The Hall–Kier alpha value is -1.31. The van der Waals surface area contributed by atoms with Gasteiger partial charge in [-0.25, -0.2) is 8.42 Å². The van der Waals surface area contributed by atoms with Gasteiger partial charge < -0.3 is 10.2 Å². The Balaban J connectivity index is 2.33. The first-order chi connectivity index (χ1) is 9.45. The smallest absolute Gasteiger partial charge is 0.243 e. The van der Waals surface area contributed by atoms with Crippen molar-refractivity contribution in [1.29, 1.82) is 0 Å². The van der Waals surface area contributed by atoms with Crippen LogP contribution in [0.1, 0.15) is 12.7 Å². The minimum atomic E-state index is -3.58. The van der Waals surface area contributed by atoms with Crippen molar-refractivity contribution < 1.29 is 12.8 Å². The van der Waals surface area contributed by atoms with Crippen molar-refractivity contribution in [2.45, 2.75) is 18.4 Å². The standard InChI is InChI=1S/C13H15BrN2O3S/c1-2-16(9-10-4-3-7-19-10)20(17,18)11-5-6-13(15)12(14)8-11/h3-8H,2,9,15H2,1H3. The molecule has 0 fully saturated rings. The second-order valence-corrected chi connectivity index (χ2v) is 6.99. The van der Waals surface area contributed by atoms with Crippen LogP contribution in [0.3, 0.4) is 0 Å². The van der Waals surface area contributed by atoms with E-state index in [0.29, 0.717) is 22.5 Å². The fourth-order valence-electron chi connectivity index (χ4n) is 1.76. The fourth-order valence-corrected chi connectivity index (χ4v) is 3.73. The maximum Gasteiger partial charge on any atom is 0.243 e.